The molecule has 0 saturated carbocycles. The van der Waals surface area contributed by atoms with E-state index >= 15 is 0 Å². The molecule has 0 unspecified atom stereocenters. The maximum atomic E-state index is 12.1. The number of rotatable bonds is 9. The van der Waals surface area contributed by atoms with Gasteiger partial charge in [-0.1, -0.05) is 43.2 Å². The monoisotopic (exact) mass is 343 g/mol. The lowest BCUT2D eigenvalue weighted by molar-refractivity contribution is 0.502. The summed E-state index contributed by atoms with van der Waals surface area (Å²) < 4.78 is 2.86. The molecule has 0 fully saturated rings. The summed E-state index contributed by atoms with van der Waals surface area (Å²) in [4.78, 5) is 23.7. The van der Waals surface area contributed by atoms with E-state index in [1.165, 1.54) is 23.2 Å². The molecular formula is C20H29N3O2. The van der Waals surface area contributed by atoms with E-state index in [4.69, 9.17) is 0 Å². The van der Waals surface area contributed by atoms with Gasteiger partial charge in [-0.3, -0.25) is 13.9 Å². The zero-order valence-corrected chi connectivity index (χ0v) is 15.5. The average molecular weight is 343 g/mol. The molecule has 1 N–H and O–H groups in total. The van der Waals surface area contributed by atoms with Crippen molar-refractivity contribution in [2.45, 2.75) is 52.1 Å². The van der Waals surface area contributed by atoms with Crippen LogP contribution in [0.1, 0.15) is 49.9 Å². The van der Waals surface area contributed by atoms with Crippen LogP contribution in [0, 0.1) is 6.92 Å². The third-order valence-corrected chi connectivity index (χ3v) is 4.67. The first-order chi connectivity index (χ1) is 12.0. The Hall–Kier alpha value is -2.14. The first kappa shape index (κ1) is 19.2. The predicted octanol–water partition coefficient (Wildman–Crippen LogP) is 2.77. The van der Waals surface area contributed by atoms with Crippen LogP contribution in [0.25, 0.3) is 0 Å². The minimum absolute atomic E-state index is 0.219. The number of aromatic nitrogens is 2. The van der Waals surface area contributed by atoms with Gasteiger partial charge in [0.15, 0.2) is 0 Å². The van der Waals surface area contributed by atoms with Crippen LogP contribution in [-0.4, -0.2) is 15.7 Å². The van der Waals surface area contributed by atoms with Crippen molar-refractivity contribution in [2.24, 2.45) is 7.05 Å². The summed E-state index contributed by atoms with van der Waals surface area (Å²) in [7, 11) is 1.53. The summed E-state index contributed by atoms with van der Waals surface area (Å²) in [6.07, 6.45) is 4.29. The van der Waals surface area contributed by atoms with Crippen LogP contribution >= 0.6 is 0 Å². The van der Waals surface area contributed by atoms with Crippen molar-refractivity contribution >= 4 is 0 Å². The van der Waals surface area contributed by atoms with Crippen LogP contribution in [0.5, 0.6) is 0 Å². The van der Waals surface area contributed by atoms with Crippen LogP contribution in [0.15, 0.2) is 46.0 Å². The van der Waals surface area contributed by atoms with Gasteiger partial charge in [0.1, 0.15) is 0 Å². The van der Waals surface area contributed by atoms with Gasteiger partial charge in [-0.25, -0.2) is 4.79 Å². The summed E-state index contributed by atoms with van der Waals surface area (Å²) >= 11 is 0. The van der Waals surface area contributed by atoms with E-state index in [1.807, 2.05) is 13.0 Å². The average Bonchev–Trinajstić information content (AvgIpc) is 2.62. The minimum atomic E-state index is -0.239. The standard InChI is InChI=1S/C20H29N3O2/c1-16-15-19(24)22(3)20(25)23(16)14-10-5-4-9-13-21-17(2)18-11-7-6-8-12-18/h6-8,11-12,15,17,21H,4-5,9-10,13-14H2,1-3H3/t17-/m1/s1. The van der Waals surface area contributed by atoms with E-state index in [1.54, 1.807) is 4.57 Å². The number of nitrogens with zero attached hydrogens (tertiary/aromatic N) is 2. The van der Waals surface area contributed by atoms with Gasteiger partial charge in [-0.05, 0) is 38.8 Å². The smallest absolute Gasteiger partial charge is 0.310 e. The normalized spacial score (nSPS) is 12.3. The van der Waals surface area contributed by atoms with Gasteiger partial charge in [0.25, 0.3) is 5.56 Å². The summed E-state index contributed by atoms with van der Waals surface area (Å²) in [6.45, 7) is 5.67. The second-order valence-electron chi connectivity index (χ2n) is 6.62. The van der Waals surface area contributed by atoms with Gasteiger partial charge in [0, 0.05) is 31.4 Å². The molecule has 136 valence electrons. The van der Waals surface area contributed by atoms with Crippen molar-refractivity contribution in [1.29, 1.82) is 0 Å². The number of benzene rings is 1. The Morgan fingerprint density at radius 1 is 1.04 bits per heavy atom. The van der Waals surface area contributed by atoms with Crippen molar-refractivity contribution in [3.8, 4) is 0 Å². The molecule has 0 amide bonds. The lowest BCUT2D eigenvalue weighted by Crippen LogP contribution is -2.38. The lowest BCUT2D eigenvalue weighted by atomic mass is 10.1. The largest absolute Gasteiger partial charge is 0.330 e. The van der Waals surface area contributed by atoms with Crippen LogP contribution in [0.4, 0.5) is 0 Å². The Labute approximate surface area is 149 Å². The lowest BCUT2D eigenvalue weighted by Gasteiger charge is -2.14. The predicted molar refractivity (Wildman–Crippen MR) is 102 cm³/mol. The number of hydrogen-bond acceptors (Lipinski definition) is 3. The first-order valence-electron chi connectivity index (χ1n) is 9.06. The molecule has 1 aromatic carbocycles. The molecule has 0 bridgehead atoms. The molecule has 0 aliphatic rings. The molecule has 0 saturated heterocycles. The van der Waals surface area contributed by atoms with E-state index in [2.05, 4.69) is 36.5 Å². The highest BCUT2D eigenvalue weighted by Crippen LogP contribution is 2.11. The maximum absolute atomic E-state index is 12.1. The van der Waals surface area contributed by atoms with Crippen LogP contribution in [0.3, 0.4) is 0 Å². The SMILES string of the molecule is Cc1cc(=O)n(C)c(=O)n1CCCCCCN[C@H](C)c1ccccc1. The fourth-order valence-corrected chi connectivity index (χ4v) is 2.98. The molecular weight excluding hydrogens is 314 g/mol. The van der Waals surface area contributed by atoms with E-state index in [0.29, 0.717) is 12.6 Å². The third kappa shape index (κ3) is 5.43. The molecule has 0 aliphatic carbocycles. The van der Waals surface area contributed by atoms with Crippen LogP contribution in [0.2, 0.25) is 0 Å². The molecule has 1 aromatic heterocycles. The second-order valence-corrected chi connectivity index (χ2v) is 6.62. The van der Waals surface area contributed by atoms with Gasteiger partial charge in [0.2, 0.25) is 0 Å². The molecule has 25 heavy (non-hydrogen) atoms. The molecule has 0 radical (unpaired) electrons. The highest BCUT2D eigenvalue weighted by atomic mass is 16.2. The second kappa shape index (κ2) is 9.37. The Morgan fingerprint density at radius 2 is 1.72 bits per heavy atom. The molecule has 0 spiro atoms. The molecule has 2 rings (SSSR count). The van der Waals surface area contributed by atoms with Crippen molar-refractivity contribution in [2.75, 3.05) is 6.54 Å². The molecule has 1 heterocycles. The van der Waals surface area contributed by atoms with Gasteiger partial charge < -0.3 is 5.32 Å². The van der Waals surface area contributed by atoms with E-state index in [-0.39, 0.29) is 11.2 Å². The van der Waals surface area contributed by atoms with E-state index in [0.717, 1.165) is 37.9 Å². The quantitative estimate of drug-likeness (QED) is 0.712. The van der Waals surface area contributed by atoms with Gasteiger partial charge >= 0.3 is 5.69 Å². The van der Waals surface area contributed by atoms with Crippen molar-refractivity contribution < 1.29 is 0 Å². The Morgan fingerprint density at radius 3 is 2.44 bits per heavy atom. The maximum Gasteiger partial charge on any atom is 0.330 e. The molecule has 5 nitrogen and oxygen atoms in total. The van der Waals surface area contributed by atoms with Crippen LogP contribution in [-0.2, 0) is 13.6 Å². The van der Waals surface area contributed by atoms with Gasteiger partial charge in [-0.15, -0.1) is 0 Å². The minimum Gasteiger partial charge on any atom is -0.310 e. The number of unbranched alkanes of at least 4 members (excludes halogenated alkanes) is 3. The number of nitrogens with one attached hydrogen (secondary N) is 1. The van der Waals surface area contributed by atoms with Crippen molar-refractivity contribution in [1.82, 2.24) is 14.5 Å². The molecule has 0 aliphatic heterocycles. The van der Waals surface area contributed by atoms with E-state index in [9.17, 15) is 9.59 Å². The summed E-state index contributed by atoms with van der Waals surface area (Å²) in [5, 5.41) is 3.55. The topological polar surface area (TPSA) is 56.0 Å². The zero-order chi connectivity index (χ0) is 18.2. The molecule has 5 heteroatoms. The first-order valence-corrected chi connectivity index (χ1v) is 9.06. The zero-order valence-electron chi connectivity index (χ0n) is 15.5. The Kier molecular flexibility index (Phi) is 7.19. The van der Waals surface area contributed by atoms with Gasteiger partial charge in [-0.2, -0.15) is 0 Å². The van der Waals surface area contributed by atoms with Gasteiger partial charge in [0.05, 0.1) is 0 Å². The summed E-state index contributed by atoms with van der Waals surface area (Å²) in [5.41, 5.74) is 1.60. The van der Waals surface area contributed by atoms with Crippen molar-refractivity contribution in [3.63, 3.8) is 0 Å². The molecule has 2 aromatic rings. The van der Waals surface area contributed by atoms with E-state index < -0.39 is 0 Å². The summed E-state index contributed by atoms with van der Waals surface area (Å²) in [5.74, 6) is 0. The summed E-state index contributed by atoms with van der Waals surface area (Å²) in [6, 6.07) is 12.3. The third-order valence-electron chi connectivity index (χ3n) is 4.67. The van der Waals surface area contributed by atoms with Crippen LogP contribution < -0.4 is 16.6 Å². The fraction of sp³-hybridized carbons (Fsp3) is 0.500. The number of aryl methyl sites for hydroxylation is 1. The van der Waals surface area contributed by atoms with Crippen molar-refractivity contribution in [3.05, 3.63) is 68.5 Å². The highest BCUT2D eigenvalue weighted by molar-refractivity contribution is 5.17. The fourth-order valence-electron chi connectivity index (χ4n) is 2.98. The number of hydrogen-bond donors (Lipinski definition) is 1. The Balaban J connectivity index is 1.67. The molecule has 1 atom stereocenters. The highest BCUT2D eigenvalue weighted by Gasteiger charge is 2.06. The Bertz CT molecular complexity index is 778.